The first-order chi connectivity index (χ1) is 12.7. The number of nitrogens with zero attached hydrogens (tertiary/aromatic N) is 2. The van der Waals surface area contributed by atoms with Gasteiger partial charge in [-0.1, -0.05) is 19.1 Å². The van der Waals surface area contributed by atoms with Gasteiger partial charge in [-0.05, 0) is 50.8 Å². The van der Waals surface area contributed by atoms with E-state index in [0.29, 0.717) is 17.0 Å². The van der Waals surface area contributed by atoms with E-state index in [9.17, 15) is 18.0 Å². The van der Waals surface area contributed by atoms with Crippen LogP contribution in [0.4, 0.5) is 13.2 Å². The van der Waals surface area contributed by atoms with E-state index in [4.69, 9.17) is 0 Å². The molecule has 0 bridgehead atoms. The third kappa shape index (κ3) is 4.17. The van der Waals surface area contributed by atoms with Crippen molar-refractivity contribution in [1.29, 1.82) is 0 Å². The Kier molecular flexibility index (Phi) is 5.31. The Morgan fingerprint density at radius 3 is 2.63 bits per heavy atom. The normalized spacial score (nSPS) is 16.8. The number of benzene rings is 1. The lowest BCUT2D eigenvalue weighted by Gasteiger charge is -2.17. The summed E-state index contributed by atoms with van der Waals surface area (Å²) < 4.78 is 40.7. The minimum atomic E-state index is -4.41. The molecule has 1 saturated carbocycles. The van der Waals surface area contributed by atoms with Crippen molar-refractivity contribution in [3.63, 3.8) is 0 Å². The number of carbonyl (C=O) groups is 1. The smallest absolute Gasteiger partial charge is 0.345 e. The van der Waals surface area contributed by atoms with Crippen LogP contribution in [0.15, 0.2) is 30.5 Å². The van der Waals surface area contributed by atoms with E-state index in [2.05, 4.69) is 24.3 Å². The van der Waals surface area contributed by atoms with Crippen molar-refractivity contribution in [2.45, 2.75) is 64.2 Å². The second kappa shape index (κ2) is 7.37. The molecule has 1 N–H and O–H groups in total. The molecule has 27 heavy (non-hydrogen) atoms. The Morgan fingerprint density at radius 1 is 1.33 bits per heavy atom. The molecule has 1 amide bonds. The molecule has 1 aromatic heterocycles. The fraction of sp³-hybridized carbons (Fsp3) is 0.500. The summed E-state index contributed by atoms with van der Waals surface area (Å²) in [6, 6.07) is 4.71. The molecule has 146 valence electrons. The highest BCUT2D eigenvalue weighted by Gasteiger charge is 2.34. The minimum absolute atomic E-state index is 0.197. The number of amides is 1. The van der Waals surface area contributed by atoms with E-state index >= 15 is 0 Å². The van der Waals surface area contributed by atoms with Crippen molar-refractivity contribution >= 4 is 5.91 Å². The Morgan fingerprint density at radius 2 is 2.04 bits per heavy atom. The molecule has 2 atom stereocenters. The van der Waals surface area contributed by atoms with E-state index in [0.717, 1.165) is 37.1 Å². The predicted molar refractivity (Wildman–Crippen MR) is 96.5 cm³/mol. The summed E-state index contributed by atoms with van der Waals surface area (Å²) in [7, 11) is 0. The van der Waals surface area contributed by atoms with Crippen LogP contribution in [-0.4, -0.2) is 15.7 Å². The third-order valence-corrected chi connectivity index (χ3v) is 5.11. The number of aromatic nitrogens is 2. The lowest BCUT2D eigenvalue weighted by Crippen LogP contribution is -2.27. The van der Waals surface area contributed by atoms with Crippen LogP contribution < -0.4 is 5.32 Å². The Balaban J connectivity index is 1.81. The summed E-state index contributed by atoms with van der Waals surface area (Å²) in [5, 5.41) is 7.23. The van der Waals surface area contributed by atoms with Crippen LogP contribution in [0, 0.1) is 0 Å². The zero-order valence-electron chi connectivity index (χ0n) is 15.7. The summed E-state index contributed by atoms with van der Waals surface area (Å²) in [5.41, 5.74) is 1.17. The number of hydrogen-bond donors (Lipinski definition) is 1. The molecule has 3 rings (SSSR count). The second-order valence-electron chi connectivity index (χ2n) is 7.24. The fourth-order valence-electron chi connectivity index (χ4n) is 3.18. The van der Waals surface area contributed by atoms with Gasteiger partial charge in [0.05, 0.1) is 29.1 Å². The van der Waals surface area contributed by atoms with Crippen molar-refractivity contribution in [2.75, 3.05) is 0 Å². The highest BCUT2D eigenvalue weighted by Crippen LogP contribution is 2.42. The zero-order valence-corrected chi connectivity index (χ0v) is 15.7. The molecule has 1 aliphatic rings. The third-order valence-electron chi connectivity index (χ3n) is 5.11. The van der Waals surface area contributed by atoms with Gasteiger partial charge in [-0.3, -0.25) is 9.48 Å². The lowest BCUT2D eigenvalue weighted by molar-refractivity contribution is -0.137. The SMILES string of the molecule is CC[C@H](C)n1ncc(C(=O)N[C@@H](C)c2cccc(C(F)(F)F)c2)c1C1CC1. The van der Waals surface area contributed by atoms with Crippen LogP contribution in [0.25, 0.3) is 0 Å². The predicted octanol–water partition coefficient (Wildman–Crippen LogP) is 5.24. The van der Waals surface area contributed by atoms with Gasteiger partial charge in [-0.25, -0.2) is 0 Å². The molecule has 1 aliphatic carbocycles. The number of rotatable bonds is 6. The van der Waals surface area contributed by atoms with Gasteiger partial charge in [-0.15, -0.1) is 0 Å². The topological polar surface area (TPSA) is 46.9 Å². The molecule has 0 radical (unpaired) electrons. The van der Waals surface area contributed by atoms with Gasteiger partial charge < -0.3 is 5.32 Å². The first-order valence-electron chi connectivity index (χ1n) is 9.27. The first kappa shape index (κ1) is 19.5. The van der Waals surface area contributed by atoms with Crippen molar-refractivity contribution < 1.29 is 18.0 Å². The van der Waals surface area contributed by atoms with Crippen molar-refractivity contribution in [2.24, 2.45) is 0 Å². The number of alkyl halides is 3. The molecule has 1 fully saturated rings. The van der Waals surface area contributed by atoms with Gasteiger partial charge in [0.1, 0.15) is 0 Å². The molecule has 2 aromatic rings. The highest BCUT2D eigenvalue weighted by atomic mass is 19.4. The van der Waals surface area contributed by atoms with E-state index in [1.807, 2.05) is 4.68 Å². The quantitative estimate of drug-likeness (QED) is 0.746. The molecule has 0 unspecified atom stereocenters. The van der Waals surface area contributed by atoms with Gasteiger partial charge in [-0.2, -0.15) is 18.3 Å². The van der Waals surface area contributed by atoms with Gasteiger partial charge in [0.15, 0.2) is 0 Å². The van der Waals surface area contributed by atoms with Crippen molar-refractivity contribution in [3.05, 3.63) is 52.8 Å². The first-order valence-corrected chi connectivity index (χ1v) is 9.27. The number of nitrogens with one attached hydrogen (secondary N) is 1. The van der Waals surface area contributed by atoms with Crippen LogP contribution in [0.3, 0.4) is 0 Å². The van der Waals surface area contributed by atoms with Crippen LogP contribution in [-0.2, 0) is 6.18 Å². The van der Waals surface area contributed by atoms with Crippen LogP contribution in [0.1, 0.15) is 85.2 Å². The van der Waals surface area contributed by atoms with Crippen molar-refractivity contribution in [1.82, 2.24) is 15.1 Å². The zero-order chi connectivity index (χ0) is 19.8. The van der Waals surface area contributed by atoms with E-state index in [1.54, 1.807) is 19.2 Å². The molecule has 1 aromatic carbocycles. The fourth-order valence-corrected chi connectivity index (χ4v) is 3.18. The molecule has 0 spiro atoms. The highest BCUT2D eigenvalue weighted by molar-refractivity contribution is 5.95. The van der Waals surface area contributed by atoms with Crippen LogP contribution in [0.2, 0.25) is 0 Å². The summed E-state index contributed by atoms with van der Waals surface area (Å²) in [5.74, 6) is 0.0440. The molecular weight excluding hydrogens is 355 g/mol. The molecular formula is C20H24F3N3O. The average molecular weight is 379 g/mol. The molecule has 0 saturated heterocycles. The van der Waals surface area contributed by atoms with E-state index in [1.165, 1.54) is 6.07 Å². The van der Waals surface area contributed by atoms with E-state index in [-0.39, 0.29) is 11.9 Å². The number of hydrogen-bond acceptors (Lipinski definition) is 2. The Hall–Kier alpha value is -2.31. The lowest BCUT2D eigenvalue weighted by atomic mass is 10.0. The van der Waals surface area contributed by atoms with Gasteiger partial charge in [0.25, 0.3) is 5.91 Å². The maximum Gasteiger partial charge on any atom is 0.416 e. The Bertz CT molecular complexity index is 824. The van der Waals surface area contributed by atoms with Crippen LogP contribution in [0.5, 0.6) is 0 Å². The monoisotopic (exact) mass is 379 g/mol. The number of carbonyl (C=O) groups excluding carboxylic acids is 1. The molecule has 4 nitrogen and oxygen atoms in total. The molecule has 1 heterocycles. The minimum Gasteiger partial charge on any atom is -0.345 e. The Labute approximate surface area is 156 Å². The second-order valence-corrected chi connectivity index (χ2v) is 7.24. The van der Waals surface area contributed by atoms with E-state index < -0.39 is 17.8 Å². The molecule has 7 heteroatoms. The standard InChI is InChI=1S/C20H24F3N3O/c1-4-12(2)26-18(14-8-9-14)17(11-24-26)19(27)25-13(3)15-6-5-7-16(10-15)20(21,22)23/h5-7,10-14H,4,8-9H2,1-3H3,(H,25,27)/t12-,13-/m0/s1. The average Bonchev–Trinajstić information content (AvgIpc) is 3.38. The number of halogens is 3. The maximum absolute atomic E-state index is 12.9. The maximum atomic E-state index is 12.9. The largest absolute Gasteiger partial charge is 0.416 e. The van der Waals surface area contributed by atoms with Gasteiger partial charge in [0.2, 0.25) is 0 Å². The summed E-state index contributed by atoms with van der Waals surface area (Å²) >= 11 is 0. The van der Waals surface area contributed by atoms with Gasteiger partial charge >= 0.3 is 6.18 Å². The summed E-state index contributed by atoms with van der Waals surface area (Å²) in [4.78, 5) is 12.8. The summed E-state index contributed by atoms with van der Waals surface area (Å²) in [6.07, 6.45) is 0.143. The van der Waals surface area contributed by atoms with Gasteiger partial charge in [0, 0.05) is 12.0 Å². The van der Waals surface area contributed by atoms with Crippen LogP contribution >= 0.6 is 0 Å². The summed E-state index contributed by atoms with van der Waals surface area (Å²) in [6.45, 7) is 5.81. The van der Waals surface area contributed by atoms with Crippen molar-refractivity contribution in [3.8, 4) is 0 Å². The molecule has 0 aliphatic heterocycles.